The summed E-state index contributed by atoms with van der Waals surface area (Å²) in [6.45, 7) is 4.32. The van der Waals surface area contributed by atoms with Crippen LogP contribution in [0.1, 0.15) is 37.5 Å². The first-order valence-electron chi connectivity index (χ1n) is 8.54. The van der Waals surface area contributed by atoms with Crippen LogP contribution in [-0.4, -0.2) is 11.5 Å². The average molecular weight is 370 g/mol. The molecule has 2 aromatic carbocycles. The fraction of sp³-hybridized carbons (Fsp3) is 0.333. The molecule has 0 spiro atoms. The van der Waals surface area contributed by atoms with Crippen LogP contribution < -0.4 is 0 Å². The molecular weight excluding hydrogens is 350 g/mol. The highest BCUT2D eigenvalue weighted by molar-refractivity contribution is 7.99. The molecule has 0 aromatic heterocycles. The van der Waals surface area contributed by atoms with Crippen molar-refractivity contribution in [2.24, 2.45) is 16.3 Å². The van der Waals surface area contributed by atoms with Gasteiger partial charge in [0.1, 0.15) is 5.78 Å². The average Bonchev–Trinajstić information content (AvgIpc) is 2.70. The van der Waals surface area contributed by atoms with E-state index in [1.165, 1.54) is 0 Å². The van der Waals surface area contributed by atoms with Crippen molar-refractivity contribution in [3.63, 3.8) is 0 Å². The largest absolute Gasteiger partial charge is 0.299 e. The molecule has 1 aliphatic carbocycles. The third kappa shape index (κ3) is 3.28. The molecule has 0 amide bonds. The van der Waals surface area contributed by atoms with Crippen LogP contribution in [0.2, 0.25) is 5.02 Å². The smallest absolute Gasteiger partial charge is 0.143 e. The molecule has 4 rings (SSSR count). The minimum Gasteiger partial charge on any atom is -0.299 e. The quantitative estimate of drug-likeness (QED) is 0.593. The lowest BCUT2D eigenvalue weighted by Gasteiger charge is -2.37. The maximum absolute atomic E-state index is 13.1. The Kier molecular flexibility index (Phi) is 4.25. The predicted molar refractivity (Wildman–Crippen MR) is 105 cm³/mol. The van der Waals surface area contributed by atoms with E-state index in [2.05, 4.69) is 19.9 Å². The molecule has 2 aliphatic rings. The minimum atomic E-state index is -0.161. The highest BCUT2D eigenvalue weighted by Gasteiger charge is 2.44. The Hall–Kier alpha value is -1.58. The number of hydrogen-bond donors (Lipinski definition) is 0. The van der Waals surface area contributed by atoms with E-state index >= 15 is 0 Å². The van der Waals surface area contributed by atoms with Gasteiger partial charge in [-0.05, 0) is 41.7 Å². The van der Waals surface area contributed by atoms with E-state index in [4.69, 9.17) is 16.6 Å². The van der Waals surface area contributed by atoms with Crippen LogP contribution in [0.5, 0.6) is 0 Å². The molecule has 1 heterocycles. The minimum absolute atomic E-state index is 0.0269. The summed E-state index contributed by atoms with van der Waals surface area (Å²) in [4.78, 5) is 19.2. The predicted octanol–water partition coefficient (Wildman–Crippen LogP) is 6.26. The van der Waals surface area contributed by atoms with Crippen LogP contribution in [0.15, 0.2) is 58.4 Å². The lowest BCUT2D eigenvalue weighted by atomic mass is 9.69. The van der Waals surface area contributed by atoms with Crippen molar-refractivity contribution in [2.75, 3.05) is 0 Å². The molecule has 0 radical (unpaired) electrons. The Morgan fingerprint density at radius 2 is 1.80 bits per heavy atom. The van der Waals surface area contributed by atoms with E-state index in [1.54, 1.807) is 11.8 Å². The number of aliphatic imine (C=N–C) groups is 1. The summed E-state index contributed by atoms with van der Waals surface area (Å²) in [5, 5.41) is 0.760. The van der Waals surface area contributed by atoms with Crippen molar-refractivity contribution in [1.29, 1.82) is 0 Å². The zero-order valence-corrected chi connectivity index (χ0v) is 15.9. The number of para-hydroxylation sites is 1. The zero-order valence-electron chi connectivity index (χ0n) is 14.3. The molecular formula is C21H20ClNOS. The number of ketones is 1. The van der Waals surface area contributed by atoms with Gasteiger partial charge in [-0.15, -0.1) is 11.8 Å². The first-order chi connectivity index (χ1) is 11.9. The number of Topliss-reactive ketones (excluding diaryl/α,β-unsaturated/α-hetero) is 1. The van der Waals surface area contributed by atoms with Crippen LogP contribution in [0.4, 0.5) is 5.69 Å². The molecule has 0 bridgehead atoms. The van der Waals surface area contributed by atoms with Crippen LogP contribution in [-0.2, 0) is 4.79 Å². The number of halogens is 1. The van der Waals surface area contributed by atoms with Crippen LogP contribution in [0, 0.1) is 11.3 Å². The summed E-state index contributed by atoms with van der Waals surface area (Å²) in [5.74, 6) is 0.141. The highest BCUT2D eigenvalue weighted by Crippen LogP contribution is 2.51. The van der Waals surface area contributed by atoms with Gasteiger partial charge < -0.3 is 0 Å². The molecule has 2 aromatic rings. The van der Waals surface area contributed by atoms with Gasteiger partial charge in [0, 0.05) is 27.3 Å². The first-order valence-corrected chi connectivity index (χ1v) is 9.80. The molecule has 2 atom stereocenters. The number of carbonyl (C=O) groups is 1. The van der Waals surface area contributed by atoms with Gasteiger partial charge in [-0.25, -0.2) is 0 Å². The Morgan fingerprint density at radius 1 is 1.08 bits per heavy atom. The van der Waals surface area contributed by atoms with Gasteiger partial charge in [0.05, 0.1) is 11.6 Å². The van der Waals surface area contributed by atoms with Crippen molar-refractivity contribution in [1.82, 2.24) is 0 Å². The number of carbonyl (C=O) groups excluding carboxylic acids is 1. The maximum atomic E-state index is 13.1. The normalized spacial score (nSPS) is 24.8. The second-order valence-corrected chi connectivity index (χ2v) is 9.24. The summed E-state index contributed by atoms with van der Waals surface area (Å²) in [6.07, 6.45) is 1.47. The summed E-state index contributed by atoms with van der Waals surface area (Å²) in [5.41, 5.74) is 3.12. The summed E-state index contributed by atoms with van der Waals surface area (Å²) in [7, 11) is 0. The molecule has 0 saturated heterocycles. The van der Waals surface area contributed by atoms with Gasteiger partial charge in [0.25, 0.3) is 0 Å². The molecule has 0 unspecified atom stereocenters. The van der Waals surface area contributed by atoms with Crippen LogP contribution in [0.25, 0.3) is 0 Å². The van der Waals surface area contributed by atoms with Gasteiger partial charge in [-0.1, -0.05) is 49.7 Å². The Morgan fingerprint density at radius 3 is 2.56 bits per heavy atom. The van der Waals surface area contributed by atoms with E-state index in [9.17, 15) is 4.79 Å². The molecule has 1 saturated carbocycles. The van der Waals surface area contributed by atoms with Crippen molar-refractivity contribution in [3.8, 4) is 0 Å². The number of rotatable bonds is 1. The first kappa shape index (κ1) is 16.9. The van der Waals surface area contributed by atoms with E-state index < -0.39 is 0 Å². The molecule has 2 nitrogen and oxygen atoms in total. The Labute approximate surface area is 157 Å². The van der Waals surface area contributed by atoms with E-state index in [1.807, 2.05) is 42.5 Å². The maximum Gasteiger partial charge on any atom is 0.143 e. The van der Waals surface area contributed by atoms with E-state index in [0.29, 0.717) is 17.2 Å². The van der Waals surface area contributed by atoms with Gasteiger partial charge in [-0.3, -0.25) is 9.79 Å². The molecule has 128 valence electrons. The molecule has 25 heavy (non-hydrogen) atoms. The fourth-order valence-corrected chi connectivity index (χ4v) is 5.33. The fourth-order valence-electron chi connectivity index (χ4n) is 3.80. The molecule has 0 N–H and O–H groups in total. The third-order valence-corrected chi connectivity index (χ3v) is 6.55. The standard InChI is InChI=1S/C21H20ClNOS/c1-21(2)11-16-19(17(24)12-21)20(13-7-9-14(22)10-8-13)25-18-6-4-3-5-15(18)23-16/h3-10,19-20H,11-12H2,1-2H3/t19-,20+/m0/s1. The molecule has 1 fully saturated rings. The number of fused-ring (bicyclic) bond motifs is 2. The van der Waals surface area contributed by atoms with Crippen molar-refractivity contribution in [3.05, 3.63) is 59.1 Å². The second-order valence-electron chi connectivity index (χ2n) is 7.62. The molecule has 4 heteroatoms. The number of hydrogen-bond acceptors (Lipinski definition) is 3. The van der Waals surface area contributed by atoms with Crippen molar-refractivity contribution < 1.29 is 4.79 Å². The summed E-state index contributed by atoms with van der Waals surface area (Å²) < 4.78 is 0. The van der Waals surface area contributed by atoms with E-state index in [0.717, 1.165) is 28.3 Å². The monoisotopic (exact) mass is 369 g/mol. The SMILES string of the molecule is CC1(C)CC(=O)[C@@H]2C(=Nc3ccccc3S[C@@H]2c2ccc(Cl)cc2)C1. The van der Waals surface area contributed by atoms with Crippen molar-refractivity contribution >= 4 is 40.5 Å². The van der Waals surface area contributed by atoms with E-state index in [-0.39, 0.29) is 16.6 Å². The summed E-state index contributed by atoms with van der Waals surface area (Å²) >= 11 is 7.82. The highest BCUT2D eigenvalue weighted by atomic mass is 35.5. The molecule has 1 aliphatic heterocycles. The Balaban J connectivity index is 1.86. The summed E-state index contributed by atoms with van der Waals surface area (Å²) in [6, 6.07) is 16.1. The van der Waals surface area contributed by atoms with Crippen molar-refractivity contribution in [2.45, 2.75) is 36.8 Å². The number of thioether (sulfide) groups is 1. The topological polar surface area (TPSA) is 29.4 Å². The van der Waals surface area contributed by atoms with Gasteiger partial charge in [0.15, 0.2) is 0 Å². The van der Waals surface area contributed by atoms with Gasteiger partial charge in [0.2, 0.25) is 0 Å². The Bertz CT molecular complexity index is 856. The van der Waals surface area contributed by atoms with Gasteiger partial charge in [-0.2, -0.15) is 0 Å². The lowest BCUT2D eigenvalue weighted by molar-refractivity contribution is -0.123. The van der Waals surface area contributed by atoms with Crippen LogP contribution in [0.3, 0.4) is 0 Å². The lowest BCUT2D eigenvalue weighted by Crippen LogP contribution is -2.39. The van der Waals surface area contributed by atoms with Gasteiger partial charge >= 0.3 is 0 Å². The second kappa shape index (κ2) is 6.30. The number of benzene rings is 2. The van der Waals surface area contributed by atoms with Crippen LogP contribution >= 0.6 is 23.4 Å². The zero-order chi connectivity index (χ0) is 17.6. The third-order valence-electron chi connectivity index (χ3n) is 4.90. The number of nitrogens with zero attached hydrogens (tertiary/aromatic N) is 1.